The van der Waals surface area contributed by atoms with E-state index in [1.165, 1.54) is 4.90 Å². The fourth-order valence-corrected chi connectivity index (χ4v) is 4.06. The quantitative estimate of drug-likeness (QED) is 0.671. The van der Waals surface area contributed by atoms with E-state index in [9.17, 15) is 4.79 Å². The van der Waals surface area contributed by atoms with Crippen molar-refractivity contribution in [1.29, 1.82) is 0 Å². The van der Waals surface area contributed by atoms with Gasteiger partial charge in [0.2, 0.25) is 0 Å². The molecule has 2 aromatic carbocycles. The van der Waals surface area contributed by atoms with Crippen LogP contribution in [-0.4, -0.2) is 36.3 Å². The van der Waals surface area contributed by atoms with Gasteiger partial charge in [-0.05, 0) is 54.8 Å². The number of carbonyl (C=O) groups is 1. The number of nitrogens with zero attached hydrogens (tertiary/aromatic N) is 1. The SMILES string of the molecule is CCCOc1ccc2c(c1)C(=O)N(C)[C@H](CSc1ccc(Cl)cc1)C2. The number of thioether (sulfide) groups is 1. The van der Waals surface area contributed by atoms with E-state index in [0.717, 1.165) is 40.5 Å². The highest BCUT2D eigenvalue weighted by atomic mass is 35.5. The van der Waals surface area contributed by atoms with Crippen molar-refractivity contribution in [1.82, 2.24) is 4.90 Å². The highest BCUT2D eigenvalue weighted by molar-refractivity contribution is 7.99. The molecule has 1 aliphatic heterocycles. The Labute approximate surface area is 158 Å². The topological polar surface area (TPSA) is 29.5 Å². The Balaban J connectivity index is 1.70. The van der Waals surface area contributed by atoms with Gasteiger partial charge in [-0.1, -0.05) is 24.6 Å². The molecule has 0 aliphatic carbocycles. The summed E-state index contributed by atoms with van der Waals surface area (Å²) in [4.78, 5) is 15.8. The molecular weight excluding hydrogens is 354 g/mol. The highest BCUT2D eigenvalue weighted by Crippen LogP contribution is 2.29. The number of fused-ring (bicyclic) bond motifs is 1. The van der Waals surface area contributed by atoms with E-state index in [0.29, 0.717) is 6.61 Å². The van der Waals surface area contributed by atoms with Crippen LogP contribution in [0.1, 0.15) is 29.3 Å². The lowest BCUT2D eigenvalue weighted by molar-refractivity contribution is 0.0724. The zero-order valence-electron chi connectivity index (χ0n) is 14.5. The van der Waals surface area contributed by atoms with Crippen LogP contribution < -0.4 is 4.74 Å². The molecule has 132 valence electrons. The van der Waals surface area contributed by atoms with Crippen LogP contribution in [0.3, 0.4) is 0 Å². The molecule has 5 heteroatoms. The summed E-state index contributed by atoms with van der Waals surface area (Å²) in [6.07, 6.45) is 1.82. The molecule has 0 radical (unpaired) electrons. The minimum absolute atomic E-state index is 0.0740. The van der Waals surface area contributed by atoms with Gasteiger partial charge in [0.05, 0.1) is 6.61 Å². The van der Waals surface area contributed by atoms with Crippen LogP contribution in [0.2, 0.25) is 5.02 Å². The van der Waals surface area contributed by atoms with Crippen molar-refractivity contribution in [3.8, 4) is 5.75 Å². The zero-order valence-corrected chi connectivity index (χ0v) is 16.1. The number of hydrogen-bond donors (Lipinski definition) is 0. The van der Waals surface area contributed by atoms with Crippen LogP contribution in [0.25, 0.3) is 0 Å². The van der Waals surface area contributed by atoms with E-state index >= 15 is 0 Å². The molecule has 0 aromatic heterocycles. The predicted octanol–water partition coefficient (Wildman–Crippen LogP) is 4.92. The van der Waals surface area contributed by atoms with Crippen molar-refractivity contribution >= 4 is 29.3 Å². The minimum Gasteiger partial charge on any atom is -0.494 e. The van der Waals surface area contributed by atoms with Crippen molar-refractivity contribution in [2.24, 2.45) is 0 Å². The van der Waals surface area contributed by atoms with Gasteiger partial charge in [-0.3, -0.25) is 4.79 Å². The smallest absolute Gasteiger partial charge is 0.254 e. The number of halogens is 1. The molecule has 2 aromatic rings. The first-order valence-electron chi connectivity index (χ1n) is 8.49. The number of likely N-dealkylation sites (N-methyl/N-ethyl adjacent to an activating group) is 1. The van der Waals surface area contributed by atoms with Crippen molar-refractivity contribution in [3.63, 3.8) is 0 Å². The lowest BCUT2D eigenvalue weighted by atomic mass is 9.94. The van der Waals surface area contributed by atoms with Crippen LogP contribution in [0.5, 0.6) is 5.75 Å². The molecule has 1 aliphatic rings. The molecule has 3 nitrogen and oxygen atoms in total. The first-order chi connectivity index (χ1) is 12.1. The standard InChI is InChI=1S/C20H22ClNO2S/c1-3-10-24-17-7-4-14-11-16(22(2)20(23)19(14)12-17)13-25-18-8-5-15(21)6-9-18/h4-9,12,16H,3,10-11,13H2,1-2H3/t16-/m0/s1. The van der Waals surface area contributed by atoms with E-state index in [1.807, 2.05) is 54.4 Å². The molecule has 1 atom stereocenters. The minimum atomic E-state index is 0.0740. The van der Waals surface area contributed by atoms with Crippen LogP contribution in [-0.2, 0) is 6.42 Å². The van der Waals surface area contributed by atoms with Gasteiger partial charge in [-0.2, -0.15) is 0 Å². The molecule has 3 rings (SSSR count). The first kappa shape index (κ1) is 18.2. The Morgan fingerprint density at radius 1 is 1.24 bits per heavy atom. The summed E-state index contributed by atoms with van der Waals surface area (Å²) < 4.78 is 5.66. The summed E-state index contributed by atoms with van der Waals surface area (Å²) >= 11 is 7.68. The average Bonchev–Trinajstić information content (AvgIpc) is 2.63. The lowest BCUT2D eigenvalue weighted by Gasteiger charge is -2.34. The largest absolute Gasteiger partial charge is 0.494 e. The monoisotopic (exact) mass is 375 g/mol. The van der Waals surface area contributed by atoms with Gasteiger partial charge >= 0.3 is 0 Å². The number of amides is 1. The van der Waals surface area contributed by atoms with Gasteiger partial charge in [-0.25, -0.2) is 0 Å². The molecule has 0 fully saturated rings. The van der Waals surface area contributed by atoms with Gasteiger partial charge in [0.15, 0.2) is 0 Å². The summed E-state index contributed by atoms with van der Waals surface area (Å²) in [6, 6.07) is 13.9. The Hall–Kier alpha value is -1.65. The molecule has 1 heterocycles. The van der Waals surface area contributed by atoms with Crippen molar-refractivity contribution < 1.29 is 9.53 Å². The lowest BCUT2D eigenvalue weighted by Crippen LogP contribution is -2.44. The van der Waals surface area contributed by atoms with Crippen LogP contribution >= 0.6 is 23.4 Å². The zero-order chi connectivity index (χ0) is 17.8. The van der Waals surface area contributed by atoms with Gasteiger partial charge in [0.25, 0.3) is 5.91 Å². The van der Waals surface area contributed by atoms with Crippen molar-refractivity contribution in [2.75, 3.05) is 19.4 Å². The van der Waals surface area contributed by atoms with Crippen LogP contribution in [0.15, 0.2) is 47.4 Å². The van der Waals surface area contributed by atoms with Gasteiger partial charge < -0.3 is 9.64 Å². The normalized spacial score (nSPS) is 16.7. The third-order valence-corrected chi connectivity index (χ3v) is 5.77. The Morgan fingerprint density at radius 3 is 2.72 bits per heavy atom. The first-order valence-corrected chi connectivity index (χ1v) is 9.86. The van der Waals surface area contributed by atoms with E-state index in [1.54, 1.807) is 11.8 Å². The number of ether oxygens (including phenoxy) is 1. The van der Waals surface area contributed by atoms with E-state index < -0.39 is 0 Å². The molecule has 0 saturated heterocycles. The third kappa shape index (κ3) is 4.31. The third-order valence-electron chi connectivity index (χ3n) is 4.36. The van der Waals surface area contributed by atoms with Crippen molar-refractivity contribution in [2.45, 2.75) is 30.7 Å². The fraction of sp³-hybridized carbons (Fsp3) is 0.350. The summed E-state index contributed by atoms with van der Waals surface area (Å²) in [5.74, 6) is 1.71. The Bertz CT molecular complexity index is 748. The maximum Gasteiger partial charge on any atom is 0.254 e. The summed E-state index contributed by atoms with van der Waals surface area (Å²) in [6.45, 7) is 2.74. The predicted molar refractivity (Wildman–Crippen MR) is 104 cm³/mol. The van der Waals surface area contributed by atoms with E-state index in [-0.39, 0.29) is 11.9 Å². The Morgan fingerprint density at radius 2 is 2.00 bits per heavy atom. The molecule has 0 N–H and O–H groups in total. The van der Waals surface area contributed by atoms with Gasteiger partial charge in [0, 0.05) is 34.3 Å². The molecule has 0 bridgehead atoms. The second-order valence-electron chi connectivity index (χ2n) is 6.21. The van der Waals surface area contributed by atoms with E-state index in [2.05, 4.69) is 6.92 Å². The van der Waals surface area contributed by atoms with Gasteiger partial charge in [0.1, 0.15) is 5.75 Å². The number of carbonyl (C=O) groups excluding carboxylic acids is 1. The van der Waals surface area contributed by atoms with Crippen molar-refractivity contribution in [3.05, 3.63) is 58.6 Å². The van der Waals surface area contributed by atoms with Crippen LogP contribution in [0, 0.1) is 0 Å². The molecule has 25 heavy (non-hydrogen) atoms. The molecule has 0 spiro atoms. The van der Waals surface area contributed by atoms with Crippen LogP contribution in [0.4, 0.5) is 0 Å². The highest BCUT2D eigenvalue weighted by Gasteiger charge is 2.30. The molecule has 0 saturated carbocycles. The molecule has 0 unspecified atom stereocenters. The second-order valence-corrected chi connectivity index (χ2v) is 7.74. The Kier molecular flexibility index (Phi) is 5.92. The number of rotatable bonds is 6. The summed E-state index contributed by atoms with van der Waals surface area (Å²) in [5.41, 5.74) is 1.87. The maximum atomic E-state index is 12.8. The molecular formula is C20H22ClNO2S. The summed E-state index contributed by atoms with van der Waals surface area (Å²) in [7, 11) is 1.89. The maximum absolute atomic E-state index is 12.8. The average molecular weight is 376 g/mol. The van der Waals surface area contributed by atoms with Gasteiger partial charge in [-0.15, -0.1) is 11.8 Å². The second kappa shape index (κ2) is 8.15. The summed E-state index contributed by atoms with van der Waals surface area (Å²) in [5, 5.41) is 0.740. The number of benzene rings is 2. The van der Waals surface area contributed by atoms with E-state index in [4.69, 9.17) is 16.3 Å². The molecule has 1 amide bonds. The fourth-order valence-electron chi connectivity index (χ4n) is 2.88. The number of hydrogen-bond acceptors (Lipinski definition) is 3.